The number of rotatable bonds is 3. The molecule has 114 valence electrons. The number of aliphatic hydroxyl groups is 1. The number of fused-ring (bicyclic) bond motifs is 1. The van der Waals surface area contributed by atoms with Gasteiger partial charge in [-0.2, -0.15) is 0 Å². The maximum atomic E-state index is 9.52. The fourth-order valence-electron chi connectivity index (χ4n) is 2.98. The monoisotopic (exact) mass is 295 g/mol. The van der Waals surface area contributed by atoms with Gasteiger partial charge >= 0.3 is 0 Å². The van der Waals surface area contributed by atoms with Crippen LogP contribution in [0.25, 0.3) is 10.8 Å². The molecule has 0 fully saturated rings. The van der Waals surface area contributed by atoms with Crippen LogP contribution in [-0.4, -0.2) is 20.1 Å². The zero-order valence-corrected chi connectivity index (χ0v) is 13.2. The Labute approximate surface area is 130 Å². The Morgan fingerprint density at radius 3 is 2.50 bits per heavy atom. The van der Waals surface area contributed by atoms with Gasteiger partial charge in [-0.1, -0.05) is 68.4 Å². The van der Waals surface area contributed by atoms with Crippen LogP contribution in [0.5, 0.6) is 0 Å². The zero-order valence-electron chi connectivity index (χ0n) is 13.2. The lowest BCUT2D eigenvalue weighted by Gasteiger charge is -2.21. The van der Waals surface area contributed by atoms with Gasteiger partial charge in [0.25, 0.3) is 0 Å². The number of aliphatic hydroxyl groups excluding tert-OH is 1. The Morgan fingerprint density at radius 2 is 1.77 bits per heavy atom. The third-order valence-corrected chi connectivity index (χ3v) is 3.87. The van der Waals surface area contributed by atoms with Crippen molar-refractivity contribution in [2.75, 3.05) is 0 Å². The van der Waals surface area contributed by atoms with E-state index in [9.17, 15) is 5.11 Å². The lowest BCUT2D eigenvalue weighted by molar-refractivity contribution is 0.273. The van der Waals surface area contributed by atoms with E-state index < -0.39 is 0 Å². The van der Waals surface area contributed by atoms with Gasteiger partial charge in [-0.3, -0.25) is 0 Å². The summed E-state index contributed by atoms with van der Waals surface area (Å²) >= 11 is 0. The Balaban J connectivity index is 2.08. The summed E-state index contributed by atoms with van der Waals surface area (Å²) in [6.45, 7) is 6.92. The topological polar surface area (TPSA) is 50.9 Å². The second-order valence-corrected chi connectivity index (χ2v) is 6.59. The zero-order chi connectivity index (χ0) is 15.7. The van der Waals surface area contributed by atoms with E-state index in [0.717, 1.165) is 5.69 Å². The van der Waals surface area contributed by atoms with Crippen LogP contribution in [-0.2, 0) is 18.6 Å². The van der Waals surface area contributed by atoms with Gasteiger partial charge in [-0.15, -0.1) is 5.10 Å². The molecule has 0 saturated carbocycles. The van der Waals surface area contributed by atoms with E-state index in [2.05, 4.69) is 67.5 Å². The second-order valence-electron chi connectivity index (χ2n) is 6.59. The van der Waals surface area contributed by atoms with Crippen LogP contribution in [0.2, 0.25) is 0 Å². The predicted octanol–water partition coefficient (Wildman–Crippen LogP) is 3.27. The summed E-state index contributed by atoms with van der Waals surface area (Å²) in [5.41, 5.74) is 2.74. The number of aromatic nitrogens is 3. The maximum Gasteiger partial charge on any atom is 0.112 e. The number of benzene rings is 2. The second kappa shape index (κ2) is 5.54. The van der Waals surface area contributed by atoms with Crippen molar-refractivity contribution in [3.8, 4) is 0 Å². The molecule has 0 radical (unpaired) electrons. The molecule has 4 nitrogen and oxygen atoms in total. The summed E-state index contributed by atoms with van der Waals surface area (Å²) in [7, 11) is 0. The van der Waals surface area contributed by atoms with Crippen molar-refractivity contribution < 1.29 is 5.11 Å². The molecule has 3 aromatic rings. The van der Waals surface area contributed by atoms with Crippen LogP contribution in [0.4, 0.5) is 0 Å². The molecule has 1 N–H and O–H groups in total. The first-order valence-electron chi connectivity index (χ1n) is 7.51. The SMILES string of the molecule is CC(C)(C)c1c(CO)nnn1Cc1cccc2ccccc12. The van der Waals surface area contributed by atoms with Crippen molar-refractivity contribution in [2.24, 2.45) is 0 Å². The lowest BCUT2D eigenvalue weighted by Crippen LogP contribution is -2.21. The van der Waals surface area contributed by atoms with Gasteiger partial charge in [0.1, 0.15) is 5.69 Å². The van der Waals surface area contributed by atoms with E-state index in [0.29, 0.717) is 12.2 Å². The van der Waals surface area contributed by atoms with Crippen LogP contribution in [0, 0.1) is 0 Å². The number of hydrogen-bond acceptors (Lipinski definition) is 3. The van der Waals surface area contributed by atoms with Crippen molar-refractivity contribution in [2.45, 2.75) is 39.3 Å². The third-order valence-electron chi connectivity index (χ3n) is 3.87. The van der Waals surface area contributed by atoms with Crippen LogP contribution in [0.1, 0.15) is 37.7 Å². The maximum absolute atomic E-state index is 9.52. The standard InChI is InChI=1S/C18H21N3O/c1-18(2,3)17-16(12-22)19-20-21(17)11-14-9-6-8-13-7-4-5-10-15(13)14/h4-10,22H,11-12H2,1-3H3. The molecule has 1 aromatic heterocycles. The van der Waals surface area contributed by atoms with Crippen molar-refractivity contribution in [1.82, 2.24) is 15.0 Å². The van der Waals surface area contributed by atoms with Crippen LogP contribution in [0.3, 0.4) is 0 Å². The molecule has 0 aliphatic rings. The molecule has 0 bridgehead atoms. The highest BCUT2D eigenvalue weighted by molar-refractivity contribution is 5.85. The van der Waals surface area contributed by atoms with E-state index >= 15 is 0 Å². The molecule has 22 heavy (non-hydrogen) atoms. The van der Waals surface area contributed by atoms with Gasteiger partial charge in [0.05, 0.1) is 18.8 Å². The molecular weight excluding hydrogens is 274 g/mol. The predicted molar refractivity (Wildman–Crippen MR) is 87.7 cm³/mol. The highest BCUT2D eigenvalue weighted by atomic mass is 16.3. The quantitative estimate of drug-likeness (QED) is 0.807. The van der Waals surface area contributed by atoms with Gasteiger partial charge < -0.3 is 5.11 Å². The summed E-state index contributed by atoms with van der Waals surface area (Å²) in [5.74, 6) is 0. The van der Waals surface area contributed by atoms with Crippen LogP contribution in [0.15, 0.2) is 42.5 Å². The summed E-state index contributed by atoms with van der Waals surface area (Å²) in [4.78, 5) is 0. The Hall–Kier alpha value is -2.20. The molecule has 0 aliphatic heterocycles. The minimum Gasteiger partial charge on any atom is -0.390 e. The summed E-state index contributed by atoms with van der Waals surface area (Å²) in [6, 6.07) is 14.6. The average molecular weight is 295 g/mol. The summed E-state index contributed by atoms with van der Waals surface area (Å²) in [5, 5.41) is 20.4. The molecule has 0 spiro atoms. The molecule has 0 atom stereocenters. The highest BCUT2D eigenvalue weighted by Crippen LogP contribution is 2.26. The van der Waals surface area contributed by atoms with Gasteiger partial charge in [0, 0.05) is 5.41 Å². The summed E-state index contributed by atoms with van der Waals surface area (Å²) < 4.78 is 1.91. The molecular formula is C18H21N3O. The molecule has 4 heteroatoms. The van der Waals surface area contributed by atoms with Gasteiger partial charge in [0.15, 0.2) is 0 Å². The van der Waals surface area contributed by atoms with Crippen LogP contribution >= 0.6 is 0 Å². The van der Waals surface area contributed by atoms with Crippen molar-refractivity contribution >= 4 is 10.8 Å². The highest BCUT2D eigenvalue weighted by Gasteiger charge is 2.25. The lowest BCUT2D eigenvalue weighted by atomic mass is 9.90. The number of hydrogen-bond donors (Lipinski definition) is 1. The molecule has 3 rings (SSSR count). The van der Waals surface area contributed by atoms with E-state index in [-0.39, 0.29) is 12.0 Å². The average Bonchev–Trinajstić information content (AvgIpc) is 2.90. The molecule has 2 aromatic carbocycles. The first-order valence-corrected chi connectivity index (χ1v) is 7.51. The Morgan fingerprint density at radius 1 is 1.05 bits per heavy atom. The third kappa shape index (κ3) is 2.62. The molecule has 0 amide bonds. The molecule has 1 heterocycles. The normalized spacial score (nSPS) is 12.0. The minimum absolute atomic E-state index is 0.0812. The smallest absolute Gasteiger partial charge is 0.112 e. The van der Waals surface area contributed by atoms with Crippen molar-refractivity contribution in [1.29, 1.82) is 0 Å². The molecule has 0 unspecified atom stereocenters. The first-order chi connectivity index (χ1) is 10.5. The van der Waals surface area contributed by atoms with E-state index in [1.807, 2.05) is 10.7 Å². The molecule has 0 aliphatic carbocycles. The largest absolute Gasteiger partial charge is 0.390 e. The molecule has 0 saturated heterocycles. The van der Waals surface area contributed by atoms with E-state index in [1.165, 1.54) is 16.3 Å². The summed E-state index contributed by atoms with van der Waals surface area (Å²) in [6.07, 6.45) is 0. The van der Waals surface area contributed by atoms with E-state index in [1.54, 1.807) is 0 Å². The first kappa shape index (κ1) is 14.7. The van der Waals surface area contributed by atoms with Gasteiger partial charge in [0.2, 0.25) is 0 Å². The van der Waals surface area contributed by atoms with Crippen molar-refractivity contribution in [3.05, 3.63) is 59.4 Å². The number of nitrogens with zero attached hydrogens (tertiary/aromatic N) is 3. The minimum atomic E-state index is -0.119. The van der Waals surface area contributed by atoms with Crippen molar-refractivity contribution in [3.63, 3.8) is 0 Å². The van der Waals surface area contributed by atoms with Gasteiger partial charge in [-0.25, -0.2) is 4.68 Å². The fraction of sp³-hybridized carbons (Fsp3) is 0.333. The van der Waals surface area contributed by atoms with E-state index in [4.69, 9.17) is 0 Å². The Bertz CT molecular complexity index is 794. The fourth-order valence-corrected chi connectivity index (χ4v) is 2.98. The Kier molecular flexibility index (Phi) is 3.71. The van der Waals surface area contributed by atoms with Crippen LogP contribution < -0.4 is 0 Å². The van der Waals surface area contributed by atoms with Gasteiger partial charge in [-0.05, 0) is 16.3 Å².